The first-order valence-corrected chi connectivity index (χ1v) is 5.31. The van der Waals surface area contributed by atoms with Gasteiger partial charge in [-0.05, 0) is 30.0 Å². The fraction of sp³-hybridized carbons (Fsp3) is 0.417. The van der Waals surface area contributed by atoms with Crippen molar-refractivity contribution in [3.8, 4) is 0 Å². The molecule has 15 heavy (non-hydrogen) atoms. The van der Waals surface area contributed by atoms with Crippen molar-refractivity contribution in [2.45, 2.75) is 25.8 Å². The third kappa shape index (κ3) is 1.75. The number of rotatable bonds is 1. The van der Waals surface area contributed by atoms with Gasteiger partial charge in [-0.1, -0.05) is 12.1 Å². The molecule has 0 unspecified atom stereocenters. The smallest absolute Gasteiger partial charge is 0.226 e. The maximum absolute atomic E-state index is 11.7. The molecule has 0 atom stereocenters. The summed E-state index contributed by atoms with van der Waals surface area (Å²) in [7, 11) is 1.84. The van der Waals surface area contributed by atoms with Crippen molar-refractivity contribution < 1.29 is 4.79 Å². The second kappa shape index (κ2) is 4.03. The lowest BCUT2D eigenvalue weighted by Crippen LogP contribution is -2.25. The van der Waals surface area contributed by atoms with Crippen molar-refractivity contribution in [1.82, 2.24) is 0 Å². The van der Waals surface area contributed by atoms with Crippen LogP contribution in [0.25, 0.3) is 0 Å². The van der Waals surface area contributed by atoms with Crippen LogP contribution in [0, 0.1) is 0 Å². The van der Waals surface area contributed by atoms with Crippen molar-refractivity contribution in [2.24, 2.45) is 5.73 Å². The minimum atomic E-state index is 0.197. The Morgan fingerprint density at radius 2 is 2.20 bits per heavy atom. The summed E-state index contributed by atoms with van der Waals surface area (Å²) in [6, 6.07) is 6.01. The Hall–Kier alpha value is -1.35. The number of carbonyl (C=O) groups is 1. The Labute approximate surface area is 89.9 Å². The van der Waals surface area contributed by atoms with Crippen molar-refractivity contribution >= 4 is 11.6 Å². The first kappa shape index (κ1) is 10.2. The first-order chi connectivity index (χ1) is 7.24. The number of hydrogen-bond acceptors (Lipinski definition) is 2. The lowest BCUT2D eigenvalue weighted by Gasteiger charge is -2.19. The van der Waals surface area contributed by atoms with Crippen LogP contribution in [-0.4, -0.2) is 13.0 Å². The molecule has 0 saturated carbocycles. The molecule has 1 aliphatic rings. The van der Waals surface area contributed by atoms with Crippen molar-refractivity contribution in [1.29, 1.82) is 0 Å². The Kier molecular flexibility index (Phi) is 2.73. The van der Waals surface area contributed by atoms with Crippen LogP contribution in [0.3, 0.4) is 0 Å². The molecule has 1 amide bonds. The van der Waals surface area contributed by atoms with Gasteiger partial charge in [-0.25, -0.2) is 0 Å². The molecule has 2 N–H and O–H groups in total. The van der Waals surface area contributed by atoms with E-state index in [1.165, 1.54) is 5.56 Å². The molecule has 1 aliphatic heterocycles. The molecule has 1 heterocycles. The number of amides is 1. The average Bonchev–Trinajstić information content (AvgIpc) is 2.40. The van der Waals surface area contributed by atoms with Gasteiger partial charge >= 0.3 is 0 Å². The van der Waals surface area contributed by atoms with E-state index in [-0.39, 0.29) is 5.91 Å². The van der Waals surface area contributed by atoms with Crippen LogP contribution >= 0.6 is 0 Å². The Morgan fingerprint density at radius 1 is 1.40 bits per heavy atom. The highest BCUT2D eigenvalue weighted by Gasteiger charge is 2.19. The molecule has 3 nitrogen and oxygen atoms in total. The maximum atomic E-state index is 11.7. The lowest BCUT2D eigenvalue weighted by atomic mass is 10.0. The van der Waals surface area contributed by atoms with Gasteiger partial charge in [0, 0.05) is 25.7 Å². The van der Waals surface area contributed by atoms with Crippen molar-refractivity contribution in [3.63, 3.8) is 0 Å². The highest BCUT2D eigenvalue weighted by atomic mass is 16.2. The summed E-state index contributed by atoms with van der Waals surface area (Å²) < 4.78 is 0. The van der Waals surface area contributed by atoms with Gasteiger partial charge in [0.15, 0.2) is 0 Å². The Balaban J connectivity index is 2.51. The van der Waals surface area contributed by atoms with Gasteiger partial charge in [-0.2, -0.15) is 0 Å². The van der Waals surface area contributed by atoms with Crippen molar-refractivity contribution in [2.75, 3.05) is 11.9 Å². The van der Waals surface area contributed by atoms with E-state index in [4.69, 9.17) is 5.73 Å². The average molecular weight is 204 g/mol. The molecule has 1 aromatic carbocycles. The molecule has 0 bridgehead atoms. The number of hydrogen-bond donors (Lipinski definition) is 1. The molecule has 0 radical (unpaired) electrons. The Bertz CT molecular complexity index is 387. The standard InChI is InChI=1S/C12H16N2O/c1-14-11-6-2-4-9(8-13)10(11)5-3-7-12(14)15/h2,4,6H,3,5,7-8,13H2,1H3. The van der Waals surface area contributed by atoms with Gasteiger partial charge in [0.05, 0.1) is 0 Å². The lowest BCUT2D eigenvalue weighted by molar-refractivity contribution is -0.118. The quantitative estimate of drug-likeness (QED) is 0.752. The van der Waals surface area contributed by atoms with Gasteiger partial charge in [0.25, 0.3) is 0 Å². The predicted octanol–water partition coefficient (Wildman–Crippen LogP) is 1.44. The fourth-order valence-corrected chi connectivity index (χ4v) is 2.13. The van der Waals surface area contributed by atoms with E-state index in [1.807, 2.05) is 25.2 Å². The molecule has 3 heteroatoms. The number of benzene rings is 1. The van der Waals surface area contributed by atoms with E-state index in [2.05, 4.69) is 0 Å². The third-order valence-corrected chi connectivity index (χ3v) is 3.02. The minimum absolute atomic E-state index is 0.197. The van der Waals surface area contributed by atoms with E-state index in [0.29, 0.717) is 13.0 Å². The zero-order valence-electron chi connectivity index (χ0n) is 8.99. The molecule has 0 fully saturated rings. The summed E-state index contributed by atoms with van der Waals surface area (Å²) in [4.78, 5) is 13.4. The summed E-state index contributed by atoms with van der Waals surface area (Å²) >= 11 is 0. The molecule has 1 aromatic rings. The number of nitrogens with two attached hydrogens (primary N) is 1. The van der Waals surface area contributed by atoms with E-state index < -0.39 is 0 Å². The summed E-state index contributed by atoms with van der Waals surface area (Å²) in [5.74, 6) is 0.197. The van der Waals surface area contributed by atoms with Crippen LogP contribution in [0.4, 0.5) is 5.69 Å². The monoisotopic (exact) mass is 204 g/mol. The predicted molar refractivity (Wildman–Crippen MR) is 60.7 cm³/mol. The second-order valence-electron chi connectivity index (χ2n) is 3.93. The van der Waals surface area contributed by atoms with Crippen LogP contribution in [0.15, 0.2) is 18.2 Å². The van der Waals surface area contributed by atoms with Crippen LogP contribution in [0.2, 0.25) is 0 Å². The zero-order chi connectivity index (χ0) is 10.8. The number of anilines is 1. The highest BCUT2D eigenvalue weighted by Crippen LogP contribution is 2.28. The molecule has 80 valence electrons. The van der Waals surface area contributed by atoms with E-state index in [1.54, 1.807) is 4.90 Å². The SMILES string of the molecule is CN1C(=O)CCCc2c(CN)cccc21. The number of fused-ring (bicyclic) bond motifs is 1. The first-order valence-electron chi connectivity index (χ1n) is 5.31. The van der Waals surface area contributed by atoms with Crippen LogP contribution in [0.5, 0.6) is 0 Å². The largest absolute Gasteiger partial charge is 0.326 e. The third-order valence-electron chi connectivity index (χ3n) is 3.02. The summed E-state index contributed by atoms with van der Waals surface area (Å²) in [5.41, 5.74) is 9.13. The van der Waals surface area contributed by atoms with Crippen LogP contribution in [0.1, 0.15) is 24.0 Å². The molecular formula is C12H16N2O. The summed E-state index contributed by atoms with van der Waals surface area (Å²) in [5, 5.41) is 0. The van der Waals surface area contributed by atoms with Crippen LogP contribution < -0.4 is 10.6 Å². The van der Waals surface area contributed by atoms with Gasteiger partial charge in [0.1, 0.15) is 0 Å². The van der Waals surface area contributed by atoms with Gasteiger partial charge in [-0.3, -0.25) is 4.79 Å². The maximum Gasteiger partial charge on any atom is 0.226 e. The second-order valence-corrected chi connectivity index (χ2v) is 3.93. The van der Waals surface area contributed by atoms with E-state index in [0.717, 1.165) is 24.1 Å². The molecule has 2 rings (SSSR count). The topological polar surface area (TPSA) is 46.3 Å². The Morgan fingerprint density at radius 3 is 2.93 bits per heavy atom. The van der Waals surface area contributed by atoms with Crippen LogP contribution in [-0.2, 0) is 17.8 Å². The summed E-state index contributed by atoms with van der Waals surface area (Å²) in [6.45, 7) is 0.547. The molecule has 0 spiro atoms. The summed E-state index contributed by atoms with van der Waals surface area (Å²) in [6.07, 6.45) is 2.52. The zero-order valence-corrected chi connectivity index (χ0v) is 8.99. The fourth-order valence-electron chi connectivity index (χ4n) is 2.13. The number of nitrogens with zero attached hydrogens (tertiary/aromatic N) is 1. The molecular weight excluding hydrogens is 188 g/mol. The minimum Gasteiger partial charge on any atom is -0.326 e. The van der Waals surface area contributed by atoms with Gasteiger partial charge < -0.3 is 10.6 Å². The number of carbonyl (C=O) groups excluding carboxylic acids is 1. The van der Waals surface area contributed by atoms with E-state index in [9.17, 15) is 4.79 Å². The highest BCUT2D eigenvalue weighted by molar-refractivity contribution is 5.94. The van der Waals surface area contributed by atoms with Gasteiger partial charge in [-0.15, -0.1) is 0 Å². The normalized spacial score (nSPS) is 16.1. The molecule has 0 saturated heterocycles. The molecule has 0 aromatic heterocycles. The molecule has 0 aliphatic carbocycles. The van der Waals surface area contributed by atoms with Crippen molar-refractivity contribution in [3.05, 3.63) is 29.3 Å². The van der Waals surface area contributed by atoms with Gasteiger partial charge in [0.2, 0.25) is 5.91 Å². The van der Waals surface area contributed by atoms with E-state index >= 15 is 0 Å².